The number of hydrogen-bond acceptors (Lipinski definition) is 5. The number of benzene rings is 2. The first-order valence-corrected chi connectivity index (χ1v) is 6.71. The molecule has 1 aliphatic rings. The van der Waals surface area contributed by atoms with Crippen LogP contribution in [0.2, 0.25) is 0 Å². The molecule has 0 amide bonds. The fraction of sp³-hybridized carbons (Fsp3) is 0.200. The fourth-order valence-corrected chi connectivity index (χ4v) is 2.54. The first-order chi connectivity index (χ1) is 10.2. The number of rotatable bonds is 2. The number of fused-ring (bicyclic) bond motifs is 1. The zero-order chi connectivity index (χ0) is 14.8. The van der Waals surface area contributed by atoms with Crippen LogP contribution in [0.15, 0.2) is 42.5 Å². The molecule has 0 atom stereocenters. The van der Waals surface area contributed by atoms with E-state index >= 15 is 0 Å². The highest BCUT2D eigenvalue weighted by Crippen LogP contribution is 2.41. The Labute approximate surface area is 121 Å². The zero-order valence-electron chi connectivity index (χ0n) is 11.4. The van der Waals surface area contributed by atoms with Gasteiger partial charge >= 0.3 is 5.69 Å². The second kappa shape index (κ2) is 5.32. The highest BCUT2D eigenvalue weighted by Gasteiger charge is 2.26. The largest absolute Gasteiger partial charge is 0.491 e. The van der Waals surface area contributed by atoms with Gasteiger partial charge in [-0.1, -0.05) is 18.2 Å². The van der Waals surface area contributed by atoms with E-state index < -0.39 is 4.92 Å². The highest BCUT2D eigenvalue weighted by molar-refractivity contribution is 5.81. The van der Waals surface area contributed by atoms with Crippen LogP contribution in [0.3, 0.4) is 0 Å². The highest BCUT2D eigenvalue weighted by atomic mass is 16.6. The number of nitrogens with zero attached hydrogens (tertiary/aromatic N) is 2. The van der Waals surface area contributed by atoms with E-state index in [0.717, 1.165) is 17.9 Å². The summed E-state index contributed by atoms with van der Waals surface area (Å²) in [4.78, 5) is 12.8. The summed E-state index contributed by atoms with van der Waals surface area (Å²) in [5.74, 6) is 0.728. The molecule has 0 bridgehead atoms. The van der Waals surface area contributed by atoms with Crippen molar-refractivity contribution in [2.45, 2.75) is 6.42 Å². The van der Waals surface area contributed by atoms with Crippen molar-refractivity contribution in [1.82, 2.24) is 0 Å². The van der Waals surface area contributed by atoms with Crippen LogP contribution in [-0.4, -0.2) is 18.1 Å². The minimum absolute atomic E-state index is 0.0609. The standard InChI is InChI=1S/C15H15N3O3/c16-11-5-3-7-13(15(11)18(19)20)17-9-4-10-21-14-8-2-1-6-12(14)17/h1-3,5-8H,4,9-10,16H2. The van der Waals surface area contributed by atoms with E-state index in [-0.39, 0.29) is 11.4 Å². The van der Waals surface area contributed by atoms with Gasteiger partial charge in [0.1, 0.15) is 17.1 Å². The van der Waals surface area contributed by atoms with Gasteiger partial charge in [-0.3, -0.25) is 10.1 Å². The van der Waals surface area contributed by atoms with Crippen molar-refractivity contribution in [2.24, 2.45) is 0 Å². The maximum Gasteiger partial charge on any atom is 0.315 e. The summed E-state index contributed by atoms with van der Waals surface area (Å²) >= 11 is 0. The number of hydrogen-bond donors (Lipinski definition) is 1. The van der Waals surface area contributed by atoms with Crippen LogP contribution in [0, 0.1) is 10.1 Å². The van der Waals surface area contributed by atoms with E-state index in [4.69, 9.17) is 10.5 Å². The van der Waals surface area contributed by atoms with Crippen molar-refractivity contribution in [2.75, 3.05) is 23.8 Å². The Morgan fingerprint density at radius 3 is 2.71 bits per heavy atom. The lowest BCUT2D eigenvalue weighted by atomic mass is 10.1. The Morgan fingerprint density at radius 1 is 1.14 bits per heavy atom. The van der Waals surface area contributed by atoms with E-state index in [1.54, 1.807) is 18.2 Å². The van der Waals surface area contributed by atoms with Crippen molar-refractivity contribution in [3.8, 4) is 5.75 Å². The number of para-hydroxylation sites is 3. The van der Waals surface area contributed by atoms with Crippen LogP contribution in [0.4, 0.5) is 22.7 Å². The number of ether oxygens (including phenoxy) is 1. The molecule has 6 nitrogen and oxygen atoms in total. The Balaban J connectivity index is 2.17. The molecular formula is C15H15N3O3. The van der Waals surface area contributed by atoms with Crippen LogP contribution in [0.5, 0.6) is 5.75 Å². The number of nitro groups is 1. The Morgan fingerprint density at radius 2 is 1.90 bits per heavy atom. The summed E-state index contributed by atoms with van der Waals surface area (Å²) in [6.07, 6.45) is 0.778. The summed E-state index contributed by atoms with van der Waals surface area (Å²) in [7, 11) is 0. The predicted octanol–water partition coefficient (Wildman–Crippen LogP) is 3.10. The van der Waals surface area contributed by atoms with Crippen molar-refractivity contribution in [3.05, 3.63) is 52.6 Å². The minimum atomic E-state index is -0.432. The van der Waals surface area contributed by atoms with Gasteiger partial charge in [-0.25, -0.2) is 0 Å². The molecule has 3 rings (SSSR count). The SMILES string of the molecule is Nc1cccc(N2CCCOc3ccccc32)c1[N+](=O)[O-]. The van der Waals surface area contributed by atoms with Crippen molar-refractivity contribution < 1.29 is 9.66 Å². The van der Waals surface area contributed by atoms with Crippen molar-refractivity contribution in [3.63, 3.8) is 0 Å². The molecule has 2 aromatic rings. The quantitative estimate of drug-likeness (QED) is 0.521. The molecule has 0 aliphatic carbocycles. The second-order valence-corrected chi connectivity index (χ2v) is 4.79. The van der Waals surface area contributed by atoms with E-state index in [0.29, 0.717) is 18.8 Å². The number of nitrogen functional groups attached to an aromatic ring is 1. The van der Waals surface area contributed by atoms with Gasteiger partial charge in [0.2, 0.25) is 0 Å². The topological polar surface area (TPSA) is 81.6 Å². The van der Waals surface area contributed by atoms with Gasteiger partial charge in [0.05, 0.1) is 17.2 Å². The Bertz CT molecular complexity index is 688. The third kappa shape index (κ3) is 2.35. The normalized spacial score (nSPS) is 14.0. The maximum absolute atomic E-state index is 11.4. The molecular weight excluding hydrogens is 270 g/mol. The smallest absolute Gasteiger partial charge is 0.315 e. The summed E-state index contributed by atoms with van der Waals surface area (Å²) in [6, 6.07) is 12.5. The Kier molecular flexibility index (Phi) is 3.35. The van der Waals surface area contributed by atoms with Gasteiger partial charge in [-0.2, -0.15) is 0 Å². The second-order valence-electron chi connectivity index (χ2n) is 4.79. The lowest BCUT2D eigenvalue weighted by molar-refractivity contribution is -0.383. The number of nitrogens with two attached hydrogens (primary N) is 1. The summed E-state index contributed by atoms with van der Waals surface area (Å²) in [5, 5.41) is 11.4. The molecule has 0 unspecified atom stereocenters. The molecule has 108 valence electrons. The summed E-state index contributed by atoms with van der Waals surface area (Å²) in [5.41, 5.74) is 7.22. The van der Waals surface area contributed by atoms with Gasteiger partial charge in [-0.05, 0) is 30.7 Å². The molecule has 21 heavy (non-hydrogen) atoms. The Hall–Kier alpha value is -2.76. The molecule has 0 saturated heterocycles. The molecule has 0 radical (unpaired) electrons. The van der Waals surface area contributed by atoms with Crippen LogP contribution < -0.4 is 15.4 Å². The molecule has 1 aliphatic heterocycles. The van der Waals surface area contributed by atoms with Crippen LogP contribution in [0.1, 0.15) is 6.42 Å². The van der Waals surface area contributed by atoms with Gasteiger partial charge in [0.15, 0.2) is 0 Å². The first-order valence-electron chi connectivity index (χ1n) is 6.71. The molecule has 6 heteroatoms. The zero-order valence-corrected chi connectivity index (χ0v) is 11.4. The average Bonchev–Trinajstić information content (AvgIpc) is 2.68. The third-order valence-electron chi connectivity index (χ3n) is 3.46. The molecule has 0 saturated carbocycles. The summed E-state index contributed by atoms with van der Waals surface area (Å²) < 4.78 is 5.69. The molecule has 1 heterocycles. The lowest BCUT2D eigenvalue weighted by Crippen LogP contribution is -2.19. The van der Waals surface area contributed by atoms with Crippen LogP contribution >= 0.6 is 0 Å². The monoisotopic (exact) mass is 285 g/mol. The maximum atomic E-state index is 11.4. The van der Waals surface area contributed by atoms with E-state index in [1.807, 2.05) is 29.2 Å². The predicted molar refractivity (Wildman–Crippen MR) is 81.1 cm³/mol. The first kappa shape index (κ1) is 13.2. The van der Waals surface area contributed by atoms with Crippen LogP contribution in [0.25, 0.3) is 0 Å². The third-order valence-corrected chi connectivity index (χ3v) is 3.46. The van der Waals surface area contributed by atoms with Gasteiger partial charge in [0, 0.05) is 6.54 Å². The van der Waals surface area contributed by atoms with Gasteiger partial charge in [0.25, 0.3) is 0 Å². The number of anilines is 3. The van der Waals surface area contributed by atoms with E-state index in [9.17, 15) is 10.1 Å². The van der Waals surface area contributed by atoms with Gasteiger partial charge < -0.3 is 15.4 Å². The van der Waals surface area contributed by atoms with E-state index in [1.165, 1.54) is 0 Å². The van der Waals surface area contributed by atoms with E-state index in [2.05, 4.69) is 0 Å². The number of nitro benzene ring substituents is 1. The summed E-state index contributed by atoms with van der Waals surface area (Å²) in [6.45, 7) is 1.23. The molecule has 2 aromatic carbocycles. The minimum Gasteiger partial charge on any atom is -0.491 e. The molecule has 0 aromatic heterocycles. The lowest BCUT2D eigenvalue weighted by Gasteiger charge is -2.23. The van der Waals surface area contributed by atoms with Gasteiger partial charge in [-0.15, -0.1) is 0 Å². The molecule has 2 N–H and O–H groups in total. The average molecular weight is 285 g/mol. The van der Waals surface area contributed by atoms with Crippen molar-refractivity contribution >= 4 is 22.7 Å². The fourth-order valence-electron chi connectivity index (χ4n) is 2.54. The molecule has 0 spiro atoms. The molecule has 0 fully saturated rings. The van der Waals surface area contributed by atoms with Crippen LogP contribution in [-0.2, 0) is 0 Å². The van der Waals surface area contributed by atoms with Crippen molar-refractivity contribution in [1.29, 1.82) is 0 Å².